The normalized spacial score (nSPS) is 33.6. The molecule has 1 heterocycles. The molecule has 1 aliphatic heterocycles. The number of halogens is 3. The summed E-state index contributed by atoms with van der Waals surface area (Å²) in [5.74, 6) is 0. The van der Waals surface area contributed by atoms with Crippen LogP contribution in [0, 0.1) is 0 Å². The van der Waals surface area contributed by atoms with Crippen LogP contribution in [0.2, 0.25) is 0 Å². The van der Waals surface area contributed by atoms with Crippen molar-refractivity contribution in [2.45, 2.75) is 36.8 Å². The van der Waals surface area contributed by atoms with E-state index in [0.717, 1.165) is 13.8 Å². The van der Waals surface area contributed by atoms with Gasteiger partial charge >= 0.3 is 6.18 Å². The van der Waals surface area contributed by atoms with Crippen molar-refractivity contribution in [3.05, 3.63) is 0 Å². The molecule has 2 atom stereocenters. The number of hydrogen-bond acceptors (Lipinski definition) is 5. The molecule has 0 radical (unpaired) electrons. The van der Waals surface area contributed by atoms with E-state index in [1.165, 1.54) is 0 Å². The summed E-state index contributed by atoms with van der Waals surface area (Å²) in [6.45, 7) is 2.09. The molecule has 0 spiro atoms. The molecule has 1 aliphatic rings. The Morgan fingerprint density at radius 3 is 2.25 bits per heavy atom. The van der Waals surface area contributed by atoms with E-state index in [-0.39, 0.29) is 0 Å². The maximum absolute atomic E-state index is 12.0. The monoisotopic (exact) mass is 282 g/mol. The minimum Gasteiger partial charge on any atom is -0.256 e. The zero-order valence-corrected chi connectivity index (χ0v) is 9.91. The first-order chi connectivity index (χ1) is 6.96. The standard InChI is InChI=1S/C6H9F3O5S2/c1-5(2)15(10)13-4(3-6(7,8)9)14-16(5,11)12/h4H,3H2,1-2H3. The van der Waals surface area contributed by atoms with E-state index in [1.54, 1.807) is 0 Å². The van der Waals surface area contributed by atoms with E-state index in [0.29, 0.717) is 0 Å². The second-order valence-electron chi connectivity index (χ2n) is 3.53. The fourth-order valence-corrected chi connectivity index (χ4v) is 2.93. The van der Waals surface area contributed by atoms with Crippen LogP contribution >= 0.6 is 0 Å². The largest absolute Gasteiger partial charge is 0.394 e. The number of rotatable bonds is 1. The van der Waals surface area contributed by atoms with Gasteiger partial charge < -0.3 is 0 Å². The van der Waals surface area contributed by atoms with Crippen LogP contribution in [0.5, 0.6) is 0 Å². The molecule has 0 aromatic heterocycles. The van der Waals surface area contributed by atoms with Gasteiger partial charge in [-0.1, -0.05) is 0 Å². The lowest BCUT2D eigenvalue weighted by Crippen LogP contribution is -2.48. The van der Waals surface area contributed by atoms with Crippen LogP contribution in [-0.4, -0.2) is 29.2 Å². The van der Waals surface area contributed by atoms with Gasteiger partial charge in [0.2, 0.25) is 0 Å². The Bertz CT molecular complexity index is 399. The van der Waals surface area contributed by atoms with E-state index in [1.807, 2.05) is 0 Å². The molecule has 0 N–H and O–H groups in total. The second kappa shape index (κ2) is 3.93. The lowest BCUT2D eigenvalue weighted by Gasteiger charge is -2.32. The van der Waals surface area contributed by atoms with Crippen molar-refractivity contribution in [3.8, 4) is 0 Å². The van der Waals surface area contributed by atoms with Crippen LogP contribution in [0.25, 0.3) is 0 Å². The average molecular weight is 282 g/mol. The Morgan fingerprint density at radius 2 is 1.88 bits per heavy atom. The molecule has 96 valence electrons. The van der Waals surface area contributed by atoms with Crippen molar-refractivity contribution < 1.29 is 34.2 Å². The third kappa shape index (κ3) is 2.73. The fourth-order valence-electron chi connectivity index (χ4n) is 0.827. The van der Waals surface area contributed by atoms with Gasteiger partial charge in [0, 0.05) is 0 Å². The van der Waals surface area contributed by atoms with E-state index in [4.69, 9.17) is 0 Å². The highest BCUT2D eigenvalue weighted by atomic mass is 32.3. The van der Waals surface area contributed by atoms with Crippen molar-refractivity contribution in [2.75, 3.05) is 0 Å². The smallest absolute Gasteiger partial charge is 0.256 e. The molecule has 0 amide bonds. The maximum atomic E-state index is 12.0. The Hall–Kier alpha value is -0.190. The Balaban J connectivity index is 2.90. The molecular formula is C6H9F3O5S2. The SMILES string of the molecule is CC1(C)S(=O)OC(CC(F)(F)F)OS1(=O)=O. The molecule has 1 saturated heterocycles. The average Bonchev–Trinajstić information content (AvgIpc) is 1.96. The third-order valence-corrected chi connectivity index (χ3v) is 5.72. The summed E-state index contributed by atoms with van der Waals surface area (Å²) in [7, 11) is -4.36. The Kier molecular flexibility index (Phi) is 3.41. The summed E-state index contributed by atoms with van der Waals surface area (Å²) in [4.78, 5) is 0. The summed E-state index contributed by atoms with van der Waals surface area (Å²) < 4.78 is 76.5. The molecule has 0 bridgehead atoms. The molecule has 10 heteroatoms. The quantitative estimate of drug-likeness (QED) is 0.672. The van der Waals surface area contributed by atoms with Crippen molar-refractivity contribution in [2.24, 2.45) is 0 Å². The first-order valence-corrected chi connectivity index (χ1v) is 6.52. The van der Waals surface area contributed by atoms with Gasteiger partial charge in [-0.2, -0.15) is 21.6 Å². The van der Waals surface area contributed by atoms with Gasteiger partial charge in [-0.3, -0.25) is 4.18 Å². The van der Waals surface area contributed by atoms with Gasteiger partial charge in [0.1, 0.15) is 0 Å². The predicted molar refractivity (Wildman–Crippen MR) is 47.8 cm³/mol. The van der Waals surface area contributed by atoms with Crippen molar-refractivity contribution in [1.82, 2.24) is 0 Å². The van der Waals surface area contributed by atoms with E-state index >= 15 is 0 Å². The number of alkyl halides is 3. The molecule has 5 nitrogen and oxygen atoms in total. The lowest BCUT2D eigenvalue weighted by atomic mass is 10.4. The van der Waals surface area contributed by atoms with Crippen LogP contribution in [-0.2, 0) is 29.6 Å². The molecule has 0 saturated carbocycles. The maximum Gasteiger partial charge on any atom is 0.394 e. The molecule has 16 heavy (non-hydrogen) atoms. The Morgan fingerprint density at radius 1 is 1.38 bits per heavy atom. The molecule has 0 aliphatic carbocycles. The zero-order chi connectivity index (χ0) is 12.8. The minimum atomic E-state index is -4.66. The molecule has 0 aromatic rings. The van der Waals surface area contributed by atoms with Crippen LogP contribution in [0.4, 0.5) is 13.2 Å². The van der Waals surface area contributed by atoms with Gasteiger partial charge in [0.05, 0.1) is 6.42 Å². The van der Waals surface area contributed by atoms with Crippen molar-refractivity contribution in [1.29, 1.82) is 0 Å². The minimum absolute atomic E-state index is 1.04. The first-order valence-electron chi connectivity index (χ1n) is 4.04. The van der Waals surface area contributed by atoms with Gasteiger partial charge in [0.25, 0.3) is 10.1 Å². The van der Waals surface area contributed by atoms with E-state index < -0.39 is 44.2 Å². The van der Waals surface area contributed by atoms with Crippen LogP contribution in [0.1, 0.15) is 20.3 Å². The van der Waals surface area contributed by atoms with E-state index in [2.05, 4.69) is 8.37 Å². The highest BCUT2D eigenvalue weighted by molar-refractivity contribution is 8.03. The summed E-state index contributed by atoms with van der Waals surface area (Å²) in [5.41, 5.74) is 0. The van der Waals surface area contributed by atoms with Gasteiger partial charge in [-0.25, -0.2) is 8.39 Å². The summed E-state index contributed by atoms with van der Waals surface area (Å²) >= 11 is -2.40. The Labute approximate surface area is 92.7 Å². The number of hydrogen-bond donors (Lipinski definition) is 0. The molecule has 1 rings (SSSR count). The summed E-state index contributed by atoms with van der Waals surface area (Å²) in [6, 6.07) is 0. The summed E-state index contributed by atoms with van der Waals surface area (Å²) in [6.07, 6.45) is -8.38. The van der Waals surface area contributed by atoms with E-state index in [9.17, 15) is 25.8 Å². The fraction of sp³-hybridized carbons (Fsp3) is 1.00. The second-order valence-corrected chi connectivity index (χ2v) is 7.59. The molecule has 2 unspecified atom stereocenters. The highest BCUT2D eigenvalue weighted by Crippen LogP contribution is 2.35. The van der Waals surface area contributed by atoms with Gasteiger partial charge in [-0.15, -0.1) is 0 Å². The topological polar surface area (TPSA) is 69.7 Å². The predicted octanol–water partition coefficient (Wildman–Crippen LogP) is 1.04. The highest BCUT2D eigenvalue weighted by Gasteiger charge is 2.51. The van der Waals surface area contributed by atoms with Crippen LogP contribution < -0.4 is 0 Å². The van der Waals surface area contributed by atoms with Crippen LogP contribution in [0.15, 0.2) is 0 Å². The third-order valence-electron chi connectivity index (χ3n) is 1.83. The van der Waals surface area contributed by atoms with Crippen molar-refractivity contribution >= 4 is 21.2 Å². The van der Waals surface area contributed by atoms with Gasteiger partial charge in [0.15, 0.2) is 21.4 Å². The molecular weight excluding hydrogens is 273 g/mol. The zero-order valence-electron chi connectivity index (χ0n) is 8.28. The first kappa shape index (κ1) is 13.9. The van der Waals surface area contributed by atoms with Crippen molar-refractivity contribution in [3.63, 3.8) is 0 Å². The molecule has 1 fully saturated rings. The van der Waals surface area contributed by atoms with Crippen LogP contribution in [0.3, 0.4) is 0 Å². The summed E-state index contributed by atoms with van der Waals surface area (Å²) in [5, 5.41) is 0. The molecule has 0 aromatic carbocycles. The van der Waals surface area contributed by atoms with Gasteiger partial charge in [-0.05, 0) is 13.8 Å². The lowest BCUT2D eigenvalue weighted by molar-refractivity contribution is -0.174.